The van der Waals surface area contributed by atoms with Crippen molar-refractivity contribution >= 4 is 23.6 Å². The number of unbranched alkanes of at least 4 members (excludes halogenated alkanes) is 1. The van der Waals surface area contributed by atoms with Crippen molar-refractivity contribution in [2.75, 3.05) is 31.1 Å². The van der Waals surface area contributed by atoms with Gasteiger partial charge in [0.05, 0.1) is 25.1 Å². The van der Waals surface area contributed by atoms with E-state index in [1.807, 2.05) is 13.0 Å². The highest BCUT2D eigenvalue weighted by Crippen LogP contribution is 2.16. The Labute approximate surface area is 174 Å². The first kappa shape index (κ1) is 23.2. The largest absolute Gasteiger partial charge is 0.394 e. The number of rotatable bonds is 12. The molecule has 0 saturated carbocycles. The van der Waals surface area contributed by atoms with Crippen LogP contribution in [0.25, 0.3) is 5.65 Å². The third-order valence-electron chi connectivity index (χ3n) is 4.27. The number of amides is 1. The fraction of sp³-hybridized carbons (Fsp3) is 0.400. The number of carbonyl (C=O) groups excluding carboxylic acids is 1. The molecule has 30 heavy (non-hydrogen) atoms. The second-order valence-corrected chi connectivity index (χ2v) is 6.43. The molecule has 0 aliphatic rings. The molecule has 10 heteroatoms. The van der Waals surface area contributed by atoms with Crippen LogP contribution in [0.3, 0.4) is 0 Å². The summed E-state index contributed by atoms with van der Waals surface area (Å²) < 4.78 is 14.4. The molecule has 2 rings (SSSR count). The number of aliphatic hydroxyl groups is 2. The lowest BCUT2D eigenvalue weighted by Gasteiger charge is -2.21. The van der Waals surface area contributed by atoms with E-state index < -0.39 is 24.4 Å². The van der Waals surface area contributed by atoms with Crippen LogP contribution in [-0.2, 0) is 0 Å². The van der Waals surface area contributed by atoms with E-state index in [1.165, 1.54) is 10.7 Å². The number of hydrogen-bond donors (Lipinski definition) is 3. The summed E-state index contributed by atoms with van der Waals surface area (Å²) in [6.07, 6.45) is 7.44. The van der Waals surface area contributed by atoms with Crippen LogP contribution in [0.5, 0.6) is 0 Å². The highest BCUT2D eigenvalue weighted by atomic mass is 19.1. The number of aromatic nitrogens is 3. The van der Waals surface area contributed by atoms with Gasteiger partial charge < -0.3 is 20.4 Å². The zero-order chi connectivity index (χ0) is 21.9. The van der Waals surface area contributed by atoms with Gasteiger partial charge in [-0.25, -0.2) is 13.9 Å². The van der Waals surface area contributed by atoms with Crippen LogP contribution in [0.2, 0.25) is 0 Å². The molecule has 0 aliphatic carbocycles. The summed E-state index contributed by atoms with van der Waals surface area (Å²) in [5.74, 6) is -0.212. The van der Waals surface area contributed by atoms with Crippen LogP contribution in [0.4, 0.5) is 10.2 Å². The third kappa shape index (κ3) is 6.46. The van der Waals surface area contributed by atoms with E-state index in [0.29, 0.717) is 31.0 Å². The number of nitrogens with zero attached hydrogens (tertiary/aromatic N) is 5. The minimum atomic E-state index is -1.03. The molecule has 162 valence electrons. The molecule has 9 nitrogen and oxygen atoms in total. The predicted molar refractivity (Wildman–Crippen MR) is 113 cm³/mol. The van der Waals surface area contributed by atoms with Crippen LogP contribution in [-0.4, -0.2) is 69.3 Å². The van der Waals surface area contributed by atoms with E-state index >= 15 is 0 Å². The quantitative estimate of drug-likeness (QED) is 0.273. The van der Waals surface area contributed by atoms with Gasteiger partial charge in [-0.1, -0.05) is 6.58 Å². The van der Waals surface area contributed by atoms with Crippen molar-refractivity contribution in [3.05, 3.63) is 48.7 Å². The zero-order valence-corrected chi connectivity index (χ0v) is 16.9. The molecule has 2 aromatic heterocycles. The average Bonchev–Trinajstić information content (AvgIpc) is 3.19. The third-order valence-corrected chi connectivity index (χ3v) is 4.27. The lowest BCUT2D eigenvalue weighted by molar-refractivity contribution is 0.0803. The van der Waals surface area contributed by atoms with E-state index in [1.54, 1.807) is 12.4 Å². The topological polar surface area (TPSA) is 115 Å². The van der Waals surface area contributed by atoms with Gasteiger partial charge in [0, 0.05) is 32.0 Å². The van der Waals surface area contributed by atoms with Crippen molar-refractivity contribution in [3.63, 3.8) is 0 Å². The Morgan fingerprint density at radius 3 is 3.03 bits per heavy atom. The van der Waals surface area contributed by atoms with E-state index in [9.17, 15) is 14.3 Å². The average molecular weight is 418 g/mol. The monoisotopic (exact) mass is 418 g/mol. The van der Waals surface area contributed by atoms with E-state index in [4.69, 9.17) is 5.11 Å². The molecule has 0 fully saturated rings. The maximum absolute atomic E-state index is 12.9. The Morgan fingerprint density at radius 2 is 2.33 bits per heavy atom. The van der Waals surface area contributed by atoms with Gasteiger partial charge in [0.25, 0.3) is 5.91 Å². The molecule has 1 unspecified atom stereocenters. The maximum Gasteiger partial charge on any atom is 0.256 e. The van der Waals surface area contributed by atoms with Crippen LogP contribution in [0.1, 0.15) is 30.1 Å². The van der Waals surface area contributed by atoms with Gasteiger partial charge >= 0.3 is 0 Å². The van der Waals surface area contributed by atoms with Gasteiger partial charge in [-0.3, -0.25) is 9.79 Å². The van der Waals surface area contributed by atoms with Crippen LogP contribution >= 0.6 is 0 Å². The van der Waals surface area contributed by atoms with Gasteiger partial charge in [0.2, 0.25) is 0 Å². The van der Waals surface area contributed by atoms with Crippen molar-refractivity contribution in [2.45, 2.75) is 25.9 Å². The molecule has 0 spiro atoms. The highest BCUT2D eigenvalue weighted by Gasteiger charge is 2.16. The smallest absolute Gasteiger partial charge is 0.256 e. The Bertz CT molecular complexity index is 911. The highest BCUT2D eigenvalue weighted by molar-refractivity contribution is 5.99. The SMILES string of the molecule is C=C/C(F)=C\N=C/CCCN(CC)c1ccn2ncc(C(=O)NCC(O)CO)c2n1. The molecule has 1 atom stereocenters. The lowest BCUT2D eigenvalue weighted by atomic mass is 10.3. The minimum absolute atomic E-state index is 0.0686. The maximum atomic E-state index is 12.9. The molecule has 0 bridgehead atoms. The molecule has 0 aliphatic heterocycles. The van der Waals surface area contributed by atoms with Crippen molar-refractivity contribution < 1.29 is 19.4 Å². The van der Waals surface area contributed by atoms with Gasteiger partial charge in [0.15, 0.2) is 5.65 Å². The zero-order valence-electron chi connectivity index (χ0n) is 16.9. The summed E-state index contributed by atoms with van der Waals surface area (Å²) in [7, 11) is 0. The molecule has 1 amide bonds. The summed E-state index contributed by atoms with van der Waals surface area (Å²) in [5.41, 5.74) is 0.676. The van der Waals surface area contributed by atoms with Crippen molar-refractivity contribution in [2.24, 2.45) is 4.99 Å². The Balaban J connectivity index is 2.05. The van der Waals surface area contributed by atoms with Crippen LogP contribution in [0, 0.1) is 0 Å². The number of halogens is 1. The number of allylic oxidation sites excluding steroid dienone is 2. The van der Waals surface area contributed by atoms with Crippen molar-refractivity contribution in [1.82, 2.24) is 19.9 Å². The van der Waals surface area contributed by atoms with Crippen molar-refractivity contribution in [1.29, 1.82) is 0 Å². The second kappa shape index (κ2) is 11.8. The first-order chi connectivity index (χ1) is 14.5. The molecule has 2 heterocycles. The van der Waals surface area contributed by atoms with E-state index in [-0.39, 0.29) is 12.1 Å². The van der Waals surface area contributed by atoms with Gasteiger partial charge in [-0.2, -0.15) is 5.10 Å². The van der Waals surface area contributed by atoms with E-state index in [0.717, 1.165) is 18.7 Å². The second-order valence-electron chi connectivity index (χ2n) is 6.43. The number of nitrogens with one attached hydrogen (secondary N) is 1. The molecule has 0 saturated heterocycles. The Kier molecular flexibility index (Phi) is 9.10. The summed E-state index contributed by atoms with van der Waals surface area (Å²) in [5, 5.41) is 24.9. The molecule has 3 N–H and O–H groups in total. The van der Waals surface area contributed by atoms with Gasteiger partial charge in [-0.15, -0.1) is 0 Å². The first-order valence-corrected chi connectivity index (χ1v) is 9.66. The Morgan fingerprint density at radius 1 is 1.53 bits per heavy atom. The predicted octanol–water partition coefficient (Wildman–Crippen LogP) is 1.49. The summed E-state index contributed by atoms with van der Waals surface area (Å²) >= 11 is 0. The normalized spacial score (nSPS) is 13.0. The number of hydrogen-bond acceptors (Lipinski definition) is 7. The standard InChI is InChI=1S/C20H27FN6O3/c1-3-15(21)11-22-8-5-6-9-26(4-2)18-7-10-27-19(25-18)17(13-24-27)20(30)23-12-16(29)14-28/h3,7-8,10-11,13,16,28-29H,1,4-6,9,12,14H2,2H3,(H,23,30)/b15-11+,22-8-. The lowest BCUT2D eigenvalue weighted by Crippen LogP contribution is -2.33. The van der Waals surface area contributed by atoms with Gasteiger partial charge in [-0.05, 0) is 31.9 Å². The van der Waals surface area contributed by atoms with Gasteiger partial charge in [0.1, 0.15) is 17.2 Å². The number of aliphatic hydroxyl groups excluding tert-OH is 2. The molecular weight excluding hydrogens is 391 g/mol. The van der Waals surface area contributed by atoms with Crippen LogP contribution < -0.4 is 10.2 Å². The summed E-state index contributed by atoms with van der Waals surface area (Å²) in [6.45, 7) is 6.23. The molecular formula is C20H27FN6O3. The number of aliphatic imine (C=N–C) groups is 1. The van der Waals surface area contributed by atoms with E-state index in [2.05, 4.69) is 31.9 Å². The summed E-state index contributed by atoms with van der Waals surface area (Å²) in [4.78, 5) is 22.9. The summed E-state index contributed by atoms with van der Waals surface area (Å²) in [6, 6.07) is 1.82. The minimum Gasteiger partial charge on any atom is -0.394 e. The Hall–Kier alpha value is -3.11. The van der Waals surface area contributed by atoms with Crippen LogP contribution in [0.15, 0.2) is 48.1 Å². The van der Waals surface area contributed by atoms with Crippen molar-refractivity contribution in [3.8, 4) is 0 Å². The molecule has 0 radical (unpaired) electrons. The number of anilines is 1. The fourth-order valence-corrected chi connectivity index (χ4v) is 2.63. The fourth-order valence-electron chi connectivity index (χ4n) is 2.63. The molecule has 2 aromatic rings. The number of carbonyl (C=O) groups is 1. The molecule has 0 aromatic carbocycles. The number of fused-ring (bicyclic) bond motifs is 1. The first-order valence-electron chi connectivity index (χ1n) is 9.66.